The number of fused-ring (bicyclic) bond motifs is 4. The van der Waals surface area contributed by atoms with Gasteiger partial charge in [-0.1, -0.05) is 36.0 Å². The molecule has 27 heavy (non-hydrogen) atoms. The Hall–Kier alpha value is -1.98. The predicted molar refractivity (Wildman–Crippen MR) is 110 cm³/mol. The van der Waals surface area contributed by atoms with Crippen molar-refractivity contribution >= 4 is 29.0 Å². The van der Waals surface area contributed by atoms with Gasteiger partial charge in [0.15, 0.2) is 0 Å². The molecule has 0 spiro atoms. The summed E-state index contributed by atoms with van der Waals surface area (Å²) in [6, 6.07) is 18.5. The van der Waals surface area contributed by atoms with Gasteiger partial charge < -0.3 is 15.5 Å². The van der Waals surface area contributed by atoms with Crippen molar-refractivity contribution in [2.24, 2.45) is 0 Å². The zero-order chi connectivity index (χ0) is 18.2. The summed E-state index contributed by atoms with van der Waals surface area (Å²) in [5.74, 6) is 0.175. The van der Waals surface area contributed by atoms with Crippen molar-refractivity contribution in [3.63, 3.8) is 0 Å². The summed E-state index contributed by atoms with van der Waals surface area (Å²) in [7, 11) is 0. The molecule has 2 saturated heterocycles. The molecule has 3 aliphatic rings. The molecule has 0 aliphatic carbocycles. The fourth-order valence-corrected chi connectivity index (χ4v) is 5.81. The van der Waals surface area contributed by atoms with Crippen LogP contribution in [0.5, 0.6) is 0 Å². The third-order valence-corrected chi connectivity index (χ3v) is 7.06. The lowest BCUT2D eigenvalue weighted by molar-refractivity contribution is -0.121. The zero-order valence-corrected chi connectivity index (χ0v) is 16.2. The number of amides is 1. The summed E-state index contributed by atoms with van der Waals surface area (Å²) >= 11 is 1.81. The fourth-order valence-electron chi connectivity index (χ4n) is 4.71. The fraction of sp³-hybridized carbons (Fsp3) is 0.409. The Bertz CT molecular complexity index is 797. The maximum absolute atomic E-state index is 12.6. The lowest BCUT2D eigenvalue weighted by atomic mass is 10.00. The molecule has 2 aromatic rings. The summed E-state index contributed by atoms with van der Waals surface area (Å²) in [6.07, 6.45) is 5.20. The van der Waals surface area contributed by atoms with E-state index in [0.29, 0.717) is 31.1 Å². The number of carbonyl (C=O) groups is 1. The van der Waals surface area contributed by atoms with Gasteiger partial charge in [-0.2, -0.15) is 0 Å². The number of para-hydroxylation sites is 2. The number of rotatable bonds is 4. The van der Waals surface area contributed by atoms with E-state index in [-0.39, 0.29) is 5.91 Å². The van der Waals surface area contributed by atoms with Crippen molar-refractivity contribution in [3.8, 4) is 0 Å². The van der Waals surface area contributed by atoms with Crippen LogP contribution in [-0.2, 0) is 4.79 Å². The quantitative estimate of drug-likeness (QED) is 0.840. The Morgan fingerprint density at radius 3 is 2.22 bits per heavy atom. The first-order valence-electron chi connectivity index (χ1n) is 9.95. The van der Waals surface area contributed by atoms with Gasteiger partial charge in [-0.15, -0.1) is 0 Å². The average Bonchev–Trinajstić information content (AvgIpc) is 3.03. The van der Waals surface area contributed by atoms with E-state index in [0.717, 1.165) is 12.8 Å². The molecule has 0 saturated carbocycles. The molecule has 5 rings (SSSR count). The van der Waals surface area contributed by atoms with Gasteiger partial charge in [0.2, 0.25) is 5.91 Å². The molecule has 2 fully saturated rings. The summed E-state index contributed by atoms with van der Waals surface area (Å²) in [5, 5.41) is 6.93. The standard InChI is InChI=1S/C22H25N3OS/c26-22(24-17-13-15-9-10-16(14-17)23-15)11-12-25-18-5-1-3-7-20(18)27-21-8-4-2-6-19(21)25/h1-8,15-17,23H,9-14H2,(H,24,26). The smallest absolute Gasteiger partial charge is 0.222 e. The Balaban J connectivity index is 1.27. The third-order valence-electron chi connectivity index (χ3n) is 5.93. The van der Waals surface area contributed by atoms with E-state index in [1.54, 1.807) is 0 Å². The molecule has 2 atom stereocenters. The monoisotopic (exact) mass is 379 g/mol. The molecule has 3 aliphatic heterocycles. The molecular formula is C22H25N3OS. The molecule has 140 valence electrons. The second kappa shape index (κ2) is 7.21. The van der Waals surface area contributed by atoms with Crippen LogP contribution in [0.4, 0.5) is 11.4 Å². The normalized spacial score (nSPS) is 25.6. The predicted octanol–water partition coefficient (Wildman–Crippen LogP) is 4.08. The first-order chi connectivity index (χ1) is 13.3. The number of nitrogens with zero attached hydrogens (tertiary/aromatic N) is 1. The van der Waals surface area contributed by atoms with Crippen molar-refractivity contribution in [3.05, 3.63) is 48.5 Å². The first-order valence-corrected chi connectivity index (χ1v) is 10.8. The van der Waals surface area contributed by atoms with Gasteiger partial charge in [-0.25, -0.2) is 0 Å². The van der Waals surface area contributed by atoms with Gasteiger partial charge >= 0.3 is 0 Å². The minimum absolute atomic E-state index is 0.175. The number of benzene rings is 2. The number of hydrogen-bond acceptors (Lipinski definition) is 4. The SMILES string of the molecule is O=C(CCN1c2ccccc2Sc2ccccc21)NC1CC2CCC(C1)N2. The third kappa shape index (κ3) is 3.46. The number of carbonyl (C=O) groups excluding carboxylic acids is 1. The topological polar surface area (TPSA) is 44.4 Å². The minimum atomic E-state index is 0.175. The molecule has 0 aromatic heterocycles. The highest BCUT2D eigenvalue weighted by Gasteiger charge is 2.34. The Kier molecular flexibility index (Phi) is 4.58. The number of anilines is 2. The van der Waals surface area contributed by atoms with E-state index < -0.39 is 0 Å². The molecular weight excluding hydrogens is 354 g/mol. The number of hydrogen-bond donors (Lipinski definition) is 2. The van der Waals surface area contributed by atoms with E-state index in [4.69, 9.17) is 0 Å². The molecule has 4 nitrogen and oxygen atoms in total. The molecule has 0 radical (unpaired) electrons. The molecule has 1 amide bonds. The van der Waals surface area contributed by atoms with Crippen LogP contribution in [0.15, 0.2) is 58.3 Å². The molecule has 5 heteroatoms. The van der Waals surface area contributed by atoms with Crippen molar-refractivity contribution in [1.82, 2.24) is 10.6 Å². The summed E-state index contributed by atoms with van der Waals surface area (Å²) < 4.78 is 0. The molecule has 2 bridgehead atoms. The van der Waals surface area contributed by atoms with Crippen LogP contribution in [0.25, 0.3) is 0 Å². The molecule has 2 unspecified atom stereocenters. The first kappa shape index (κ1) is 17.1. The molecule has 2 aromatic carbocycles. The highest BCUT2D eigenvalue weighted by molar-refractivity contribution is 7.99. The highest BCUT2D eigenvalue weighted by Crippen LogP contribution is 2.47. The van der Waals surface area contributed by atoms with Crippen LogP contribution in [0.1, 0.15) is 32.1 Å². The van der Waals surface area contributed by atoms with Crippen molar-refractivity contribution in [1.29, 1.82) is 0 Å². The summed E-state index contributed by atoms with van der Waals surface area (Å²) in [5.41, 5.74) is 2.41. The summed E-state index contributed by atoms with van der Waals surface area (Å²) in [6.45, 7) is 0.707. The second-order valence-corrected chi connectivity index (χ2v) is 8.90. The average molecular weight is 380 g/mol. The van der Waals surface area contributed by atoms with E-state index in [1.165, 1.54) is 34.0 Å². The lowest BCUT2D eigenvalue weighted by Crippen LogP contribution is -2.48. The lowest BCUT2D eigenvalue weighted by Gasteiger charge is -2.33. The van der Waals surface area contributed by atoms with Crippen LogP contribution in [-0.4, -0.2) is 30.6 Å². The van der Waals surface area contributed by atoms with Crippen LogP contribution in [0.2, 0.25) is 0 Å². The van der Waals surface area contributed by atoms with Crippen molar-refractivity contribution in [2.75, 3.05) is 11.4 Å². The van der Waals surface area contributed by atoms with Crippen LogP contribution < -0.4 is 15.5 Å². The van der Waals surface area contributed by atoms with Gasteiger partial charge in [-0.3, -0.25) is 4.79 Å². The van der Waals surface area contributed by atoms with Crippen LogP contribution in [0.3, 0.4) is 0 Å². The number of piperidine rings is 1. The Labute approximate surface area is 164 Å². The maximum atomic E-state index is 12.6. The second-order valence-electron chi connectivity index (χ2n) is 7.81. The molecule has 3 heterocycles. The van der Waals surface area contributed by atoms with E-state index in [1.807, 2.05) is 11.8 Å². The van der Waals surface area contributed by atoms with Gasteiger partial charge in [0.25, 0.3) is 0 Å². The van der Waals surface area contributed by atoms with Gasteiger partial charge in [0, 0.05) is 40.9 Å². The summed E-state index contributed by atoms with van der Waals surface area (Å²) in [4.78, 5) is 17.5. The maximum Gasteiger partial charge on any atom is 0.222 e. The van der Waals surface area contributed by atoms with Gasteiger partial charge in [0.05, 0.1) is 11.4 Å². The Morgan fingerprint density at radius 1 is 1.00 bits per heavy atom. The van der Waals surface area contributed by atoms with E-state index >= 15 is 0 Å². The highest BCUT2D eigenvalue weighted by atomic mass is 32.2. The van der Waals surface area contributed by atoms with Crippen LogP contribution >= 0.6 is 11.8 Å². The van der Waals surface area contributed by atoms with Crippen molar-refractivity contribution in [2.45, 2.75) is 60.0 Å². The van der Waals surface area contributed by atoms with E-state index in [9.17, 15) is 4.79 Å². The Morgan fingerprint density at radius 2 is 1.59 bits per heavy atom. The minimum Gasteiger partial charge on any atom is -0.353 e. The van der Waals surface area contributed by atoms with Gasteiger partial charge in [0.1, 0.15) is 0 Å². The van der Waals surface area contributed by atoms with Crippen LogP contribution in [0, 0.1) is 0 Å². The molecule has 2 N–H and O–H groups in total. The largest absolute Gasteiger partial charge is 0.353 e. The zero-order valence-electron chi connectivity index (χ0n) is 15.4. The van der Waals surface area contributed by atoms with E-state index in [2.05, 4.69) is 64.1 Å². The van der Waals surface area contributed by atoms with Crippen molar-refractivity contribution < 1.29 is 4.79 Å². The number of nitrogens with one attached hydrogen (secondary N) is 2. The van der Waals surface area contributed by atoms with Gasteiger partial charge in [-0.05, 0) is 49.9 Å².